The molecule has 1 aliphatic heterocycles. The van der Waals surface area contributed by atoms with Gasteiger partial charge in [-0.25, -0.2) is 0 Å². The summed E-state index contributed by atoms with van der Waals surface area (Å²) in [5.41, 5.74) is 0. The maximum Gasteiger partial charge on any atom is 0.225 e. The van der Waals surface area contributed by atoms with Gasteiger partial charge in [0.15, 0.2) is 0 Å². The van der Waals surface area contributed by atoms with Crippen molar-refractivity contribution in [3.05, 3.63) is 0 Å². The molecule has 3 unspecified atom stereocenters. The lowest BCUT2D eigenvalue weighted by molar-refractivity contribution is -0.134. The lowest BCUT2D eigenvalue weighted by Crippen LogP contribution is -2.35. The molecule has 15 heavy (non-hydrogen) atoms. The number of likely N-dealkylation sites (tertiary alicyclic amines) is 1. The summed E-state index contributed by atoms with van der Waals surface area (Å²) in [6, 6.07) is 0. The topological polar surface area (TPSA) is 40.5 Å². The molecule has 3 heteroatoms. The molecule has 0 radical (unpaired) electrons. The molecule has 1 saturated carbocycles. The number of aliphatic hydroxyl groups excluding tert-OH is 1. The van der Waals surface area contributed by atoms with E-state index < -0.39 is 0 Å². The minimum Gasteiger partial charge on any atom is -0.393 e. The molecule has 86 valence electrons. The van der Waals surface area contributed by atoms with E-state index in [1.165, 1.54) is 12.8 Å². The van der Waals surface area contributed by atoms with E-state index in [4.69, 9.17) is 0 Å². The molecule has 0 bridgehead atoms. The zero-order valence-corrected chi connectivity index (χ0v) is 9.65. The third-order valence-corrected chi connectivity index (χ3v) is 3.94. The van der Waals surface area contributed by atoms with Crippen LogP contribution in [0.1, 0.15) is 33.1 Å². The van der Waals surface area contributed by atoms with Crippen LogP contribution in [0.25, 0.3) is 0 Å². The van der Waals surface area contributed by atoms with Gasteiger partial charge in [-0.3, -0.25) is 4.79 Å². The molecule has 0 aromatic rings. The maximum atomic E-state index is 12.0. The lowest BCUT2D eigenvalue weighted by Gasteiger charge is -2.21. The molecule has 1 saturated heterocycles. The number of hydrogen-bond acceptors (Lipinski definition) is 2. The minimum absolute atomic E-state index is 0.206. The standard InChI is InChI=1S/C12H21NO2/c1-8(10-3-4-10)12(15)13-6-5-11(7-13)9(2)14/h8-11,14H,3-7H2,1-2H3. The normalized spacial score (nSPS) is 30.3. The van der Waals surface area contributed by atoms with Gasteiger partial charge < -0.3 is 10.0 Å². The Kier molecular flexibility index (Phi) is 3.01. The predicted molar refractivity (Wildman–Crippen MR) is 58.3 cm³/mol. The molecule has 2 rings (SSSR count). The molecule has 0 spiro atoms. The van der Waals surface area contributed by atoms with Crippen LogP contribution >= 0.6 is 0 Å². The van der Waals surface area contributed by atoms with Gasteiger partial charge >= 0.3 is 0 Å². The molecule has 1 N–H and O–H groups in total. The second kappa shape index (κ2) is 4.12. The van der Waals surface area contributed by atoms with Crippen molar-refractivity contribution < 1.29 is 9.90 Å². The SMILES string of the molecule is CC(O)C1CCN(C(=O)C(C)C2CC2)C1. The van der Waals surface area contributed by atoms with E-state index in [-0.39, 0.29) is 12.0 Å². The summed E-state index contributed by atoms with van der Waals surface area (Å²) in [6.07, 6.45) is 3.13. The fourth-order valence-electron chi connectivity index (χ4n) is 2.47. The molecule has 1 amide bonds. The monoisotopic (exact) mass is 211 g/mol. The molecule has 0 aromatic heterocycles. The number of nitrogens with zero attached hydrogens (tertiary/aromatic N) is 1. The minimum atomic E-state index is -0.279. The number of hydrogen-bond donors (Lipinski definition) is 1. The Balaban J connectivity index is 1.86. The zero-order chi connectivity index (χ0) is 11.0. The molecule has 3 atom stereocenters. The van der Waals surface area contributed by atoms with Gasteiger partial charge in [-0.2, -0.15) is 0 Å². The molecular weight excluding hydrogens is 190 g/mol. The average Bonchev–Trinajstić information content (AvgIpc) is 2.93. The molecule has 2 fully saturated rings. The van der Waals surface area contributed by atoms with Crippen molar-refractivity contribution in [2.24, 2.45) is 17.8 Å². The summed E-state index contributed by atoms with van der Waals surface area (Å²) >= 11 is 0. The van der Waals surface area contributed by atoms with Gasteiger partial charge in [-0.05, 0) is 32.1 Å². The summed E-state index contributed by atoms with van der Waals surface area (Å²) in [6.45, 7) is 5.47. The second-order valence-electron chi connectivity index (χ2n) is 5.20. The van der Waals surface area contributed by atoms with Crippen LogP contribution < -0.4 is 0 Å². The van der Waals surface area contributed by atoms with Crippen molar-refractivity contribution in [2.75, 3.05) is 13.1 Å². The second-order valence-corrected chi connectivity index (χ2v) is 5.20. The summed E-state index contributed by atoms with van der Waals surface area (Å²) in [5.74, 6) is 1.45. The van der Waals surface area contributed by atoms with Crippen LogP contribution in [0.4, 0.5) is 0 Å². The van der Waals surface area contributed by atoms with Gasteiger partial charge in [-0.15, -0.1) is 0 Å². The van der Waals surface area contributed by atoms with E-state index >= 15 is 0 Å². The van der Waals surface area contributed by atoms with Crippen molar-refractivity contribution in [3.8, 4) is 0 Å². The third kappa shape index (κ3) is 2.33. The quantitative estimate of drug-likeness (QED) is 0.763. The summed E-state index contributed by atoms with van der Waals surface area (Å²) in [4.78, 5) is 14.0. The molecule has 2 aliphatic rings. The number of carbonyl (C=O) groups excluding carboxylic acids is 1. The van der Waals surface area contributed by atoms with Crippen molar-refractivity contribution in [3.63, 3.8) is 0 Å². The van der Waals surface area contributed by atoms with E-state index in [9.17, 15) is 9.90 Å². The van der Waals surface area contributed by atoms with Gasteiger partial charge in [-0.1, -0.05) is 6.92 Å². The number of carbonyl (C=O) groups is 1. The van der Waals surface area contributed by atoms with E-state index in [0.29, 0.717) is 17.7 Å². The van der Waals surface area contributed by atoms with Crippen LogP contribution in [-0.2, 0) is 4.79 Å². The molecule has 3 nitrogen and oxygen atoms in total. The van der Waals surface area contributed by atoms with Crippen molar-refractivity contribution in [1.29, 1.82) is 0 Å². The van der Waals surface area contributed by atoms with E-state index in [1.54, 1.807) is 0 Å². The van der Waals surface area contributed by atoms with E-state index in [2.05, 4.69) is 6.92 Å². The molecule has 1 aliphatic carbocycles. The Hall–Kier alpha value is -0.570. The Morgan fingerprint density at radius 2 is 1.93 bits per heavy atom. The lowest BCUT2D eigenvalue weighted by atomic mass is 10.0. The number of amides is 1. The van der Waals surface area contributed by atoms with Crippen LogP contribution in [-0.4, -0.2) is 35.1 Å². The van der Waals surface area contributed by atoms with Crippen molar-refractivity contribution in [1.82, 2.24) is 4.90 Å². The zero-order valence-electron chi connectivity index (χ0n) is 9.65. The number of aliphatic hydroxyl groups is 1. The van der Waals surface area contributed by atoms with Crippen molar-refractivity contribution >= 4 is 5.91 Å². The first-order chi connectivity index (χ1) is 7.09. The van der Waals surface area contributed by atoms with E-state index in [1.807, 2.05) is 11.8 Å². The van der Waals surface area contributed by atoms with Crippen LogP contribution in [0.5, 0.6) is 0 Å². The van der Waals surface area contributed by atoms with Gasteiger partial charge in [0, 0.05) is 24.9 Å². The van der Waals surface area contributed by atoms with Crippen LogP contribution in [0.2, 0.25) is 0 Å². The maximum absolute atomic E-state index is 12.0. The Bertz CT molecular complexity index is 248. The van der Waals surface area contributed by atoms with Gasteiger partial charge in [0.05, 0.1) is 6.10 Å². The largest absolute Gasteiger partial charge is 0.393 e. The highest BCUT2D eigenvalue weighted by Gasteiger charge is 2.37. The molecule has 0 aromatic carbocycles. The van der Waals surface area contributed by atoms with E-state index in [0.717, 1.165) is 19.5 Å². The van der Waals surface area contributed by atoms with Crippen LogP contribution in [0.3, 0.4) is 0 Å². The fourth-order valence-corrected chi connectivity index (χ4v) is 2.47. The first kappa shape index (κ1) is 10.9. The Morgan fingerprint density at radius 3 is 2.40 bits per heavy atom. The third-order valence-electron chi connectivity index (χ3n) is 3.94. The van der Waals surface area contributed by atoms with Crippen molar-refractivity contribution in [2.45, 2.75) is 39.2 Å². The van der Waals surface area contributed by atoms with Gasteiger partial charge in [0.2, 0.25) is 5.91 Å². The van der Waals surface area contributed by atoms with Gasteiger partial charge in [0.1, 0.15) is 0 Å². The fraction of sp³-hybridized carbons (Fsp3) is 0.917. The number of rotatable bonds is 3. The first-order valence-corrected chi connectivity index (χ1v) is 6.06. The Labute approximate surface area is 91.5 Å². The molecule has 1 heterocycles. The highest BCUT2D eigenvalue weighted by Crippen LogP contribution is 2.38. The van der Waals surface area contributed by atoms with Crippen LogP contribution in [0.15, 0.2) is 0 Å². The highest BCUT2D eigenvalue weighted by molar-refractivity contribution is 5.79. The Morgan fingerprint density at radius 1 is 1.27 bits per heavy atom. The summed E-state index contributed by atoms with van der Waals surface area (Å²) in [7, 11) is 0. The average molecular weight is 211 g/mol. The molecular formula is C12H21NO2. The summed E-state index contributed by atoms with van der Waals surface area (Å²) < 4.78 is 0. The highest BCUT2D eigenvalue weighted by atomic mass is 16.3. The predicted octanol–water partition coefficient (Wildman–Crippen LogP) is 1.26. The first-order valence-electron chi connectivity index (χ1n) is 6.06. The van der Waals surface area contributed by atoms with Gasteiger partial charge in [0.25, 0.3) is 0 Å². The van der Waals surface area contributed by atoms with Crippen LogP contribution in [0, 0.1) is 17.8 Å². The smallest absolute Gasteiger partial charge is 0.225 e. The summed E-state index contributed by atoms with van der Waals surface area (Å²) in [5, 5.41) is 9.47.